The Morgan fingerprint density at radius 1 is 0.944 bits per heavy atom. The van der Waals surface area contributed by atoms with Crippen LogP contribution in [0.25, 0.3) is 5.69 Å². The third-order valence-electron chi connectivity index (χ3n) is 6.47. The van der Waals surface area contributed by atoms with Crippen LogP contribution in [0.3, 0.4) is 0 Å². The summed E-state index contributed by atoms with van der Waals surface area (Å²) in [6.07, 6.45) is 3.52. The van der Waals surface area contributed by atoms with Gasteiger partial charge in [-0.05, 0) is 58.0 Å². The zero-order valence-electron chi connectivity index (χ0n) is 19.2. The monoisotopic (exact) mass is 514 g/mol. The molecule has 2 N–H and O–H groups in total. The standard InChI is InChI=1S/C26H20Cl2N8/c1-35-15-30-13-23(35)26(29,17-5-8-19(27)9-6-17)18-7-10-22-21(12-18)25(16-3-2-4-20(28)11-16)31-14-24-32-33-34-36(22)24/h2-13,15H,14,29H2,1H3. The van der Waals surface area contributed by atoms with Gasteiger partial charge in [-0.15, -0.1) is 5.10 Å². The second-order valence-electron chi connectivity index (χ2n) is 8.62. The largest absolute Gasteiger partial charge is 0.336 e. The lowest BCUT2D eigenvalue weighted by Gasteiger charge is -2.32. The van der Waals surface area contributed by atoms with E-state index in [1.165, 1.54) is 0 Å². The zero-order chi connectivity index (χ0) is 24.9. The SMILES string of the molecule is Cn1cncc1C(N)(c1ccc(Cl)cc1)c1ccc2c(c1)C(c1cccc(Cl)c1)=NCc1nnnn1-2. The third kappa shape index (κ3) is 3.62. The molecular formula is C26H20Cl2N8. The first kappa shape index (κ1) is 22.6. The van der Waals surface area contributed by atoms with Gasteiger partial charge in [-0.1, -0.05) is 53.5 Å². The van der Waals surface area contributed by atoms with Crippen molar-refractivity contribution in [3.63, 3.8) is 0 Å². The van der Waals surface area contributed by atoms with Gasteiger partial charge in [0.25, 0.3) is 0 Å². The number of imidazole rings is 1. The molecule has 0 fully saturated rings. The van der Waals surface area contributed by atoms with Crippen molar-refractivity contribution in [2.45, 2.75) is 12.1 Å². The highest BCUT2D eigenvalue weighted by atomic mass is 35.5. The molecule has 178 valence electrons. The maximum absolute atomic E-state index is 7.30. The molecule has 10 heteroatoms. The first-order valence-electron chi connectivity index (χ1n) is 11.2. The Hall–Kier alpha value is -3.85. The minimum Gasteiger partial charge on any atom is -0.336 e. The number of nitrogens with two attached hydrogens (primary N) is 1. The lowest BCUT2D eigenvalue weighted by Crippen LogP contribution is -2.41. The van der Waals surface area contributed by atoms with Crippen LogP contribution in [0, 0.1) is 0 Å². The summed E-state index contributed by atoms with van der Waals surface area (Å²) in [6.45, 7) is 0.325. The average Bonchev–Trinajstić information content (AvgIpc) is 3.50. The first-order chi connectivity index (χ1) is 17.4. The van der Waals surface area contributed by atoms with Gasteiger partial charge in [0, 0.05) is 28.2 Å². The van der Waals surface area contributed by atoms with Gasteiger partial charge in [0.2, 0.25) is 0 Å². The first-order valence-corrected chi connectivity index (χ1v) is 12.0. The Morgan fingerprint density at radius 3 is 2.50 bits per heavy atom. The molecular weight excluding hydrogens is 495 g/mol. The summed E-state index contributed by atoms with van der Waals surface area (Å²) in [5.74, 6) is 0.643. The Balaban J connectivity index is 1.62. The molecule has 1 atom stereocenters. The Kier molecular flexibility index (Phi) is 5.44. The topological polar surface area (TPSA) is 99.8 Å². The maximum atomic E-state index is 7.30. The van der Waals surface area contributed by atoms with E-state index in [0.717, 1.165) is 39.3 Å². The molecule has 6 rings (SSSR count). The second-order valence-corrected chi connectivity index (χ2v) is 9.49. The van der Waals surface area contributed by atoms with Crippen LogP contribution in [0.15, 0.2) is 84.2 Å². The van der Waals surface area contributed by atoms with E-state index < -0.39 is 5.54 Å². The van der Waals surface area contributed by atoms with Crippen LogP contribution in [0.5, 0.6) is 0 Å². The number of halogens is 2. The van der Waals surface area contributed by atoms with Crippen LogP contribution < -0.4 is 5.73 Å². The molecule has 0 amide bonds. The van der Waals surface area contributed by atoms with Crippen molar-refractivity contribution < 1.29 is 0 Å². The van der Waals surface area contributed by atoms with E-state index in [-0.39, 0.29) is 0 Å². The molecule has 8 nitrogen and oxygen atoms in total. The molecule has 0 radical (unpaired) electrons. The van der Waals surface area contributed by atoms with E-state index in [1.807, 2.05) is 78.3 Å². The molecule has 5 aromatic rings. The highest BCUT2D eigenvalue weighted by Crippen LogP contribution is 2.37. The summed E-state index contributed by atoms with van der Waals surface area (Å²) in [5.41, 5.74) is 12.1. The molecule has 1 aliphatic rings. The number of rotatable bonds is 4. The van der Waals surface area contributed by atoms with E-state index in [1.54, 1.807) is 17.2 Å². The predicted molar refractivity (Wildman–Crippen MR) is 139 cm³/mol. The van der Waals surface area contributed by atoms with Gasteiger partial charge in [-0.25, -0.2) is 4.98 Å². The fraction of sp³-hybridized carbons (Fsp3) is 0.115. The molecule has 1 aliphatic heterocycles. The Bertz CT molecular complexity index is 1620. The van der Waals surface area contributed by atoms with Crippen LogP contribution in [0.1, 0.15) is 33.8 Å². The molecule has 2 aromatic heterocycles. The van der Waals surface area contributed by atoms with E-state index in [9.17, 15) is 0 Å². The highest BCUT2D eigenvalue weighted by Gasteiger charge is 2.36. The second kappa shape index (κ2) is 8.67. The molecule has 0 spiro atoms. The average molecular weight is 515 g/mol. The van der Waals surface area contributed by atoms with Crippen molar-refractivity contribution in [1.29, 1.82) is 0 Å². The molecule has 36 heavy (non-hydrogen) atoms. The lowest BCUT2D eigenvalue weighted by atomic mass is 9.79. The van der Waals surface area contributed by atoms with E-state index in [0.29, 0.717) is 22.4 Å². The van der Waals surface area contributed by atoms with Gasteiger partial charge in [-0.3, -0.25) is 4.99 Å². The fourth-order valence-electron chi connectivity index (χ4n) is 4.68. The number of nitrogens with zero attached hydrogens (tertiary/aromatic N) is 7. The summed E-state index contributed by atoms with van der Waals surface area (Å²) in [4.78, 5) is 9.24. The van der Waals surface area contributed by atoms with Gasteiger partial charge < -0.3 is 10.3 Å². The summed E-state index contributed by atoms with van der Waals surface area (Å²) in [6, 6.07) is 21.2. The predicted octanol–water partition coefficient (Wildman–Crippen LogP) is 4.30. The Labute approximate surface area is 217 Å². The molecule has 0 bridgehead atoms. The summed E-state index contributed by atoms with van der Waals surface area (Å²) in [7, 11) is 1.93. The Morgan fingerprint density at radius 2 is 1.75 bits per heavy atom. The molecule has 0 saturated carbocycles. The van der Waals surface area contributed by atoms with Crippen molar-refractivity contribution in [2.75, 3.05) is 0 Å². The number of tetrazole rings is 1. The van der Waals surface area contributed by atoms with Gasteiger partial charge >= 0.3 is 0 Å². The fourth-order valence-corrected chi connectivity index (χ4v) is 4.99. The number of benzene rings is 3. The summed E-state index contributed by atoms with van der Waals surface area (Å²) in [5, 5.41) is 13.5. The quantitative estimate of drug-likeness (QED) is 0.385. The van der Waals surface area contributed by atoms with Gasteiger partial charge in [0.1, 0.15) is 12.1 Å². The van der Waals surface area contributed by atoms with E-state index in [2.05, 4.69) is 20.5 Å². The molecule has 3 heterocycles. The molecule has 0 saturated heterocycles. The number of hydrogen-bond acceptors (Lipinski definition) is 6. The van der Waals surface area contributed by atoms with Crippen molar-refractivity contribution in [3.8, 4) is 5.69 Å². The number of fused-ring (bicyclic) bond motifs is 3. The van der Waals surface area contributed by atoms with Crippen molar-refractivity contribution in [3.05, 3.63) is 123 Å². The highest BCUT2D eigenvalue weighted by molar-refractivity contribution is 6.31. The van der Waals surface area contributed by atoms with Crippen LogP contribution >= 0.6 is 23.2 Å². The maximum Gasteiger partial charge on any atom is 0.178 e. The number of aromatic nitrogens is 6. The summed E-state index contributed by atoms with van der Waals surface area (Å²) < 4.78 is 3.64. The minimum atomic E-state index is -1.03. The number of aryl methyl sites for hydroxylation is 1. The van der Waals surface area contributed by atoms with Crippen LogP contribution in [0.2, 0.25) is 10.0 Å². The van der Waals surface area contributed by atoms with E-state index >= 15 is 0 Å². The third-order valence-corrected chi connectivity index (χ3v) is 6.95. The minimum absolute atomic E-state index is 0.325. The molecule has 0 aliphatic carbocycles. The van der Waals surface area contributed by atoms with Gasteiger partial charge in [0.15, 0.2) is 5.82 Å². The van der Waals surface area contributed by atoms with Gasteiger partial charge in [-0.2, -0.15) is 4.68 Å². The van der Waals surface area contributed by atoms with Gasteiger partial charge in [0.05, 0.1) is 29.6 Å². The van der Waals surface area contributed by atoms with Crippen molar-refractivity contribution in [1.82, 2.24) is 29.8 Å². The number of hydrogen-bond donors (Lipinski definition) is 1. The molecule has 3 aromatic carbocycles. The van der Waals surface area contributed by atoms with Crippen LogP contribution in [-0.2, 0) is 19.1 Å². The van der Waals surface area contributed by atoms with Crippen LogP contribution in [-0.4, -0.2) is 35.5 Å². The number of aliphatic imine (C=N–C) groups is 1. The lowest BCUT2D eigenvalue weighted by molar-refractivity contribution is 0.595. The van der Waals surface area contributed by atoms with E-state index in [4.69, 9.17) is 33.9 Å². The van der Waals surface area contributed by atoms with Crippen molar-refractivity contribution >= 4 is 28.9 Å². The normalized spacial score (nSPS) is 14.4. The summed E-state index contributed by atoms with van der Waals surface area (Å²) >= 11 is 12.6. The smallest absolute Gasteiger partial charge is 0.178 e. The zero-order valence-corrected chi connectivity index (χ0v) is 20.7. The molecule has 1 unspecified atom stereocenters. The van der Waals surface area contributed by atoms with Crippen LogP contribution in [0.4, 0.5) is 0 Å². The van der Waals surface area contributed by atoms with Crippen molar-refractivity contribution in [2.24, 2.45) is 17.8 Å².